The Kier molecular flexibility index (Phi) is 7.66. The molecule has 0 saturated carbocycles. The topological polar surface area (TPSA) is 100 Å². The lowest BCUT2D eigenvalue weighted by atomic mass is 10.0. The maximum Gasteiger partial charge on any atom is 0.416 e. The molecule has 0 unspecified atom stereocenters. The molecule has 1 aliphatic rings. The Labute approximate surface area is 215 Å². The minimum Gasteiger partial charge on any atom is -0.408 e. The SMILES string of the molecule is CCOn1c(NCCc2ccc(C(F)(F)F)cc2)nc2c(c1=O)CN(C(=O)c1ccc(C#N)cc1F)CC2. The fourth-order valence-electron chi connectivity index (χ4n) is 4.10. The van der Waals surface area contributed by atoms with Crippen molar-refractivity contribution < 1.29 is 27.2 Å². The van der Waals surface area contributed by atoms with Crippen molar-refractivity contribution >= 4 is 11.9 Å². The van der Waals surface area contributed by atoms with E-state index in [1.807, 2.05) is 6.07 Å². The molecule has 0 saturated heterocycles. The first-order valence-electron chi connectivity index (χ1n) is 11.8. The first kappa shape index (κ1) is 26.7. The highest BCUT2D eigenvalue weighted by Gasteiger charge is 2.30. The van der Waals surface area contributed by atoms with Crippen LogP contribution in [0.3, 0.4) is 0 Å². The second-order valence-electron chi connectivity index (χ2n) is 8.53. The summed E-state index contributed by atoms with van der Waals surface area (Å²) in [5.74, 6) is -1.29. The number of carbonyl (C=O) groups excluding carboxylic acids is 1. The number of amides is 1. The van der Waals surface area contributed by atoms with E-state index in [4.69, 9.17) is 10.1 Å². The van der Waals surface area contributed by atoms with Crippen molar-refractivity contribution in [3.05, 3.63) is 92.1 Å². The number of hydrogen-bond acceptors (Lipinski definition) is 6. The molecule has 8 nitrogen and oxygen atoms in total. The predicted molar refractivity (Wildman–Crippen MR) is 129 cm³/mol. The Morgan fingerprint density at radius 1 is 1.21 bits per heavy atom. The van der Waals surface area contributed by atoms with Gasteiger partial charge in [-0.05, 0) is 49.2 Å². The van der Waals surface area contributed by atoms with Gasteiger partial charge in [0.2, 0.25) is 5.95 Å². The van der Waals surface area contributed by atoms with Crippen molar-refractivity contribution in [1.82, 2.24) is 14.6 Å². The van der Waals surface area contributed by atoms with E-state index in [-0.39, 0.29) is 55.3 Å². The second-order valence-corrected chi connectivity index (χ2v) is 8.53. The zero-order valence-electron chi connectivity index (χ0n) is 20.3. The van der Waals surface area contributed by atoms with E-state index >= 15 is 0 Å². The molecule has 38 heavy (non-hydrogen) atoms. The monoisotopic (exact) mass is 529 g/mol. The van der Waals surface area contributed by atoms with Crippen LogP contribution in [-0.4, -0.2) is 40.2 Å². The number of aromatic nitrogens is 2. The highest BCUT2D eigenvalue weighted by Crippen LogP contribution is 2.29. The number of hydrogen-bond donors (Lipinski definition) is 1. The Morgan fingerprint density at radius 2 is 1.95 bits per heavy atom. The number of nitriles is 1. The van der Waals surface area contributed by atoms with Gasteiger partial charge in [-0.1, -0.05) is 12.1 Å². The van der Waals surface area contributed by atoms with Gasteiger partial charge in [0.1, 0.15) is 12.4 Å². The second kappa shape index (κ2) is 10.9. The molecular weight excluding hydrogens is 506 g/mol. The first-order valence-corrected chi connectivity index (χ1v) is 11.8. The maximum absolute atomic E-state index is 14.4. The molecule has 0 fully saturated rings. The number of rotatable bonds is 7. The zero-order valence-corrected chi connectivity index (χ0v) is 20.3. The van der Waals surface area contributed by atoms with Crippen molar-refractivity contribution in [2.75, 3.05) is 25.0 Å². The molecule has 1 aliphatic heterocycles. The van der Waals surface area contributed by atoms with Crippen molar-refractivity contribution in [3.63, 3.8) is 0 Å². The maximum atomic E-state index is 14.4. The predicted octanol–water partition coefficient (Wildman–Crippen LogP) is 3.57. The van der Waals surface area contributed by atoms with Crippen LogP contribution >= 0.6 is 0 Å². The third-order valence-corrected chi connectivity index (χ3v) is 6.04. The molecule has 1 N–H and O–H groups in total. The van der Waals surface area contributed by atoms with E-state index < -0.39 is 29.0 Å². The van der Waals surface area contributed by atoms with Gasteiger partial charge in [-0.25, -0.2) is 9.37 Å². The van der Waals surface area contributed by atoms with Crippen LogP contribution in [0.4, 0.5) is 23.5 Å². The van der Waals surface area contributed by atoms with Crippen LogP contribution in [0, 0.1) is 17.1 Å². The normalized spacial score (nSPS) is 13.0. The summed E-state index contributed by atoms with van der Waals surface area (Å²) in [5, 5.41) is 11.9. The van der Waals surface area contributed by atoms with Crippen LogP contribution in [0.15, 0.2) is 47.3 Å². The van der Waals surface area contributed by atoms with E-state index in [1.165, 1.54) is 29.2 Å². The smallest absolute Gasteiger partial charge is 0.408 e. The average Bonchev–Trinajstić information content (AvgIpc) is 2.90. The van der Waals surface area contributed by atoms with E-state index in [9.17, 15) is 27.2 Å². The van der Waals surface area contributed by atoms with E-state index in [2.05, 4.69) is 10.3 Å². The Morgan fingerprint density at radius 3 is 2.58 bits per heavy atom. The standard InChI is InChI=1S/C26H23F4N5O3/c1-2-38-35-24(37)20-15-34(23(36)19-8-5-17(14-31)13-21(19)27)12-10-22(20)33-25(35)32-11-9-16-3-6-18(7-4-16)26(28,29)30/h3-8,13H,2,9-12,15H2,1H3,(H,32,33). The van der Waals surface area contributed by atoms with Crippen molar-refractivity contribution in [1.29, 1.82) is 5.26 Å². The fraction of sp³-hybridized carbons (Fsp3) is 0.308. The molecule has 3 aromatic rings. The quantitative estimate of drug-likeness (QED) is 0.470. The molecule has 2 aromatic carbocycles. The van der Waals surface area contributed by atoms with Crippen molar-refractivity contribution in [2.45, 2.75) is 32.5 Å². The summed E-state index contributed by atoms with van der Waals surface area (Å²) >= 11 is 0. The van der Waals surface area contributed by atoms with Crippen LogP contribution in [0.1, 0.15) is 45.2 Å². The number of anilines is 1. The summed E-state index contributed by atoms with van der Waals surface area (Å²) in [5.41, 5.74) is -0.000144. The minimum atomic E-state index is -4.41. The van der Waals surface area contributed by atoms with Gasteiger partial charge >= 0.3 is 6.18 Å². The third kappa shape index (κ3) is 5.61. The lowest BCUT2D eigenvalue weighted by Crippen LogP contribution is -2.43. The lowest BCUT2D eigenvalue weighted by molar-refractivity contribution is -0.137. The Balaban J connectivity index is 1.51. The molecule has 0 radical (unpaired) electrons. The van der Waals surface area contributed by atoms with Gasteiger partial charge in [-0.2, -0.15) is 18.4 Å². The van der Waals surface area contributed by atoms with Gasteiger partial charge in [0.15, 0.2) is 0 Å². The number of carbonyl (C=O) groups is 1. The summed E-state index contributed by atoms with van der Waals surface area (Å²) < 4.78 is 53.7. The zero-order chi connectivity index (χ0) is 27.4. The van der Waals surface area contributed by atoms with Crippen LogP contribution in [0.25, 0.3) is 0 Å². The summed E-state index contributed by atoms with van der Waals surface area (Å²) in [6, 6.07) is 10.2. The van der Waals surface area contributed by atoms with Gasteiger partial charge in [0.05, 0.1) is 40.6 Å². The fourth-order valence-corrected chi connectivity index (χ4v) is 4.10. The molecule has 2 heterocycles. The van der Waals surface area contributed by atoms with Crippen molar-refractivity contribution in [2.24, 2.45) is 0 Å². The van der Waals surface area contributed by atoms with Gasteiger partial charge < -0.3 is 15.1 Å². The highest BCUT2D eigenvalue weighted by atomic mass is 19.4. The van der Waals surface area contributed by atoms with Gasteiger partial charge in [0, 0.05) is 19.5 Å². The Hall–Kier alpha value is -4.40. The number of nitrogens with zero attached hydrogens (tertiary/aromatic N) is 4. The number of nitrogens with one attached hydrogen (secondary N) is 1. The first-order chi connectivity index (χ1) is 18.1. The third-order valence-electron chi connectivity index (χ3n) is 6.04. The number of halogens is 4. The molecule has 0 atom stereocenters. The summed E-state index contributed by atoms with van der Waals surface area (Å²) in [6.45, 7) is 2.19. The molecule has 0 bridgehead atoms. The molecular formula is C26H23F4N5O3. The lowest BCUT2D eigenvalue weighted by Gasteiger charge is -2.29. The van der Waals surface area contributed by atoms with Crippen LogP contribution in [-0.2, 0) is 25.6 Å². The van der Waals surface area contributed by atoms with Gasteiger partial charge in [0.25, 0.3) is 11.5 Å². The van der Waals surface area contributed by atoms with Gasteiger partial charge in [-0.3, -0.25) is 9.59 Å². The number of fused-ring (bicyclic) bond motifs is 1. The van der Waals surface area contributed by atoms with Crippen LogP contribution in [0.5, 0.6) is 0 Å². The average molecular weight is 529 g/mol. The summed E-state index contributed by atoms with van der Waals surface area (Å²) in [6.07, 6.45) is -3.79. The number of benzene rings is 2. The number of alkyl halides is 3. The summed E-state index contributed by atoms with van der Waals surface area (Å²) in [4.78, 5) is 37.5. The molecule has 0 aliphatic carbocycles. The van der Waals surface area contributed by atoms with Crippen LogP contribution < -0.4 is 15.7 Å². The summed E-state index contributed by atoms with van der Waals surface area (Å²) in [7, 11) is 0. The molecule has 0 spiro atoms. The minimum absolute atomic E-state index is 0.0881. The Bertz CT molecular complexity index is 1450. The van der Waals surface area contributed by atoms with E-state index in [0.717, 1.165) is 22.9 Å². The van der Waals surface area contributed by atoms with Crippen molar-refractivity contribution in [3.8, 4) is 6.07 Å². The van der Waals surface area contributed by atoms with Gasteiger partial charge in [-0.15, -0.1) is 4.73 Å². The molecule has 1 amide bonds. The largest absolute Gasteiger partial charge is 0.416 e. The highest BCUT2D eigenvalue weighted by molar-refractivity contribution is 5.94. The molecule has 12 heteroatoms. The molecule has 198 valence electrons. The molecule has 4 rings (SSSR count). The van der Waals surface area contributed by atoms with Crippen LogP contribution in [0.2, 0.25) is 0 Å². The molecule has 1 aromatic heterocycles. The van der Waals surface area contributed by atoms with E-state index in [0.29, 0.717) is 17.7 Å². The van der Waals surface area contributed by atoms with E-state index in [1.54, 1.807) is 6.92 Å².